The molecule has 1 spiro atoms. The van der Waals surface area contributed by atoms with Gasteiger partial charge in [-0.05, 0) is 50.3 Å². The number of hydrogen-bond acceptors (Lipinski definition) is 5. The molecular formula is C23H24FN3O3. The Balaban J connectivity index is 1.19. The molecule has 30 heavy (non-hydrogen) atoms. The van der Waals surface area contributed by atoms with Crippen molar-refractivity contribution in [3.63, 3.8) is 0 Å². The summed E-state index contributed by atoms with van der Waals surface area (Å²) in [4.78, 5) is 31.2. The van der Waals surface area contributed by atoms with Crippen LogP contribution < -0.4 is 10.2 Å². The molecule has 156 valence electrons. The zero-order valence-corrected chi connectivity index (χ0v) is 16.6. The molecule has 1 aromatic heterocycles. The Morgan fingerprint density at radius 1 is 1.20 bits per heavy atom. The number of benzene rings is 1. The van der Waals surface area contributed by atoms with E-state index in [4.69, 9.17) is 4.74 Å². The first kappa shape index (κ1) is 19.0. The third-order valence-electron chi connectivity index (χ3n) is 6.71. The Kier molecular flexibility index (Phi) is 4.68. The van der Waals surface area contributed by atoms with Gasteiger partial charge in [0.25, 0.3) is 0 Å². The van der Waals surface area contributed by atoms with E-state index < -0.39 is 5.60 Å². The summed E-state index contributed by atoms with van der Waals surface area (Å²) in [6.07, 6.45) is 6.70. The van der Waals surface area contributed by atoms with Crippen molar-refractivity contribution in [2.24, 2.45) is 5.92 Å². The molecule has 1 N–H and O–H groups in total. The molecular weight excluding hydrogens is 385 g/mol. The number of nitrogens with one attached hydrogen (secondary N) is 1. The first-order valence-corrected chi connectivity index (χ1v) is 10.5. The fourth-order valence-corrected chi connectivity index (χ4v) is 5.06. The van der Waals surface area contributed by atoms with Crippen LogP contribution in [0.4, 0.5) is 10.1 Å². The van der Waals surface area contributed by atoms with Crippen molar-refractivity contribution in [2.45, 2.75) is 43.7 Å². The van der Waals surface area contributed by atoms with Gasteiger partial charge in [0.05, 0.1) is 11.3 Å². The minimum atomic E-state index is -0.632. The van der Waals surface area contributed by atoms with Gasteiger partial charge in [0, 0.05) is 43.0 Å². The van der Waals surface area contributed by atoms with Gasteiger partial charge < -0.3 is 15.0 Å². The largest absolute Gasteiger partial charge is 0.450 e. The highest BCUT2D eigenvalue weighted by Crippen LogP contribution is 2.47. The minimum Gasteiger partial charge on any atom is -0.450 e. The van der Waals surface area contributed by atoms with Crippen molar-refractivity contribution in [3.8, 4) is 0 Å². The molecule has 0 unspecified atom stereocenters. The van der Waals surface area contributed by atoms with Gasteiger partial charge >= 0.3 is 5.97 Å². The number of para-hydroxylation sites is 1. The number of anilines is 1. The molecule has 1 saturated carbocycles. The number of halogens is 1. The van der Waals surface area contributed by atoms with E-state index in [1.54, 1.807) is 30.6 Å². The summed E-state index contributed by atoms with van der Waals surface area (Å²) in [6.45, 7) is 1.33. The zero-order chi connectivity index (χ0) is 20.7. The zero-order valence-electron chi connectivity index (χ0n) is 16.6. The van der Waals surface area contributed by atoms with Crippen LogP contribution in [-0.2, 0) is 15.1 Å². The molecule has 1 amide bonds. The fraction of sp³-hybridized carbons (Fsp3) is 0.435. The lowest BCUT2D eigenvalue weighted by Crippen LogP contribution is -2.43. The maximum Gasteiger partial charge on any atom is 0.339 e. The third kappa shape index (κ3) is 3.22. The average Bonchev–Trinajstić information content (AvgIpc) is 3.32. The molecule has 2 aliphatic heterocycles. The summed E-state index contributed by atoms with van der Waals surface area (Å²) in [5.41, 5.74) is 1.40. The molecule has 2 fully saturated rings. The number of pyridine rings is 1. The van der Waals surface area contributed by atoms with Gasteiger partial charge in [0.1, 0.15) is 11.4 Å². The van der Waals surface area contributed by atoms with E-state index >= 15 is 0 Å². The van der Waals surface area contributed by atoms with Gasteiger partial charge in [-0.3, -0.25) is 9.78 Å². The minimum absolute atomic E-state index is 0.0160. The first-order chi connectivity index (χ1) is 14.6. The van der Waals surface area contributed by atoms with E-state index in [1.807, 2.05) is 11.0 Å². The van der Waals surface area contributed by atoms with E-state index in [2.05, 4.69) is 10.3 Å². The molecule has 1 aromatic carbocycles. The molecule has 6 nitrogen and oxygen atoms in total. The second-order valence-electron chi connectivity index (χ2n) is 8.47. The van der Waals surface area contributed by atoms with Crippen LogP contribution in [0.25, 0.3) is 0 Å². The Morgan fingerprint density at radius 2 is 2.00 bits per heavy atom. The molecule has 1 saturated heterocycles. The van der Waals surface area contributed by atoms with Gasteiger partial charge in [-0.15, -0.1) is 0 Å². The Hall–Kier alpha value is -2.96. The standard InChI is InChI=1S/C23H24FN3O3/c24-19-3-1-2-4-20(19)27-12-8-16(14-27)26-21(28)15-5-9-23(10-6-15)18-13-25-11-7-17(18)22(29)30-23/h1-4,7,11,13,15-16H,5-6,8-10,12,14H2,(H,26,28)/t15?,16-,23?/m0/s1. The SMILES string of the molecule is O=C1OC2(CCC(C(=O)N[C@H]3CCN(c4ccccc4F)C3)CC2)c2cnccc21. The number of rotatable bonds is 3. The topological polar surface area (TPSA) is 71.5 Å². The van der Waals surface area contributed by atoms with Gasteiger partial charge in [0.15, 0.2) is 0 Å². The van der Waals surface area contributed by atoms with E-state index in [9.17, 15) is 14.0 Å². The number of nitrogens with zero attached hydrogens (tertiary/aromatic N) is 2. The Morgan fingerprint density at radius 3 is 2.80 bits per heavy atom. The molecule has 3 aliphatic rings. The summed E-state index contributed by atoms with van der Waals surface area (Å²) < 4.78 is 19.8. The van der Waals surface area contributed by atoms with Crippen LogP contribution in [0.2, 0.25) is 0 Å². The number of carbonyl (C=O) groups is 2. The van der Waals surface area contributed by atoms with E-state index in [-0.39, 0.29) is 29.7 Å². The lowest BCUT2D eigenvalue weighted by molar-refractivity contribution is -0.128. The third-order valence-corrected chi connectivity index (χ3v) is 6.71. The average molecular weight is 409 g/mol. The molecule has 1 aliphatic carbocycles. The predicted molar refractivity (Wildman–Crippen MR) is 108 cm³/mol. The predicted octanol–water partition coefficient (Wildman–Crippen LogP) is 3.17. The van der Waals surface area contributed by atoms with Crippen LogP contribution in [-0.4, -0.2) is 36.0 Å². The maximum atomic E-state index is 14.0. The molecule has 2 aromatic rings. The molecule has 0 radical (unpaired) electrons. The van der Waals surface area contributed by atoms with Crippen LogP contribution in [0.3, 0.4) is 0 Å². The van der Waals surface area contributed by atoms with E-state index in [0.29, 0.717) is 43.5 Å². The number of hydrogen-bond donors (Lipinski definition) is 1. The summed E-state index contributed by atoms with van der Waals surface area (Å²) in [7, 11) is 0. The van der Waals surface area contributed by atoms with Crippen LogP contribution in [0.1, 0.15) is 48.0 Å². The highest BCUT2D eigenvalue weighted by Gasteiger charge is 2.48. The van der Waals surface area contributed by atoms with Gasteiger partial charge in [-0.2, -0.15) is 0 Å². The number of ether oxygens (including phenoxy) is 1. The van der Waals surface area contributed by atoms with Crippen molar-refractivity contribution in [1.29, 1.82) is 0 Å². The number of amides is 1. The first-order valence-electron chi connectivity index (χ1n) is 10.5. The van der Waals surface area contributed by atoms with Crippen molar-refractivity contribution >= 4 is 17.6 Å². The van der Waals surface area contributed by atoms with Gasteiger partial charge in [-0.25, -0.2) is 9.18 Å². The summed E-state index contributed by atoms with van der Waals surface area (Å²) >= 11 is 0. The lowest BCUT2D eigenvalue weighted by Gasteiger charge is -2.36. The van der Waals surface area contributed by atoms with Crippen LogP contribution in [0.5, 0.6) is 0 Å². The van der Waals surface area contributed by atoms with Crippen LogP contribution in [0, 0.1) is 11.7 Å². The Labute approximate surface area is 174 Å². The molecule has 5 rings (SSSR count). The smallest absolute Gasteiger partial charge is 0.339 e. The normalized spacial score (nSPS) is 27.8. The summed E-state index contributed by atoms with van der Waals surface area (Å²) in [5, 5.41) is 3.15. The van der Waals surface area contributed by atoms with Crippen molar-refractivity contribution in [2.75, 3.05) is 18.0 Å². The van der Waals surface area contributed by atoms with Crippen LogP contribution in [0.15, 0.2) is 42.7 Å². The number of fused-ring (bicyclic) bond motifs is 2. The van der Waals surface area contributed by atoms with Gasteiger partial charge in [0.2, 0.25) is 5.91 Å². The molecule has 0 bridgehead atoms. The van der Waals surface area contributed by atoms with Gasteiger partial charge in [-0.1, -0.05) is 12.1 Å². The quantitative estimate of drug-likeness (QED) is 0.789. The van der Waals surface area contributed by atoms with Crippen LogP contribution >= 0.6 is 0 Å². The number of esters is 1. The van der Waals surface area contributed by atoms with E-state index in [1.165, 1.54) is 6.07 Å². The van der Waals surface area contributed by atoms with Crippen molar-refractivity contribution in [1.82, 2.24) is 10.3 Å². The number of carbonyl (C=O) groups excluding carboxylic acids is 2. The van der Waals surface area contributed by atoms with Crippen molar-refractivity contribution in [3.05, 3.63) is 59.7 Å². The molecule has 1 atom stereocenters. The fourth-order valence-electron chi connectivity index (χ4n) is 5.06. The second-order valence-corrected chi connectivity index (χ2v) is 8.47. The maximum absolute atomic E-state index is 14.0. The summed E-state index contributed by atoms with van der Waals surface area (Å²) in [5.74, 6) is -0.587. The molecule has 7 heteroatoms. The highest BCUT2D eigenvalue weighted by atomic mass is 19.1. The number of aromatic nitrogens is 1. The lowest BCUT2D eigenvalue weighted by atomic mass is 9.75. The second kappa shape index (κ2) is 7.38. The highest BCUT2D eigenvalue weighted by molar-refractivity contribution is 5.94. The monoisotopic (exact) mass is 409 g/mol. The molecule has 3 heterocycles. The summed E-state index contributed by atoms with van der Waals surface area (Å²) in [6, 6.07) is 8.46. The van der Waals surface area contributed by atoms with Crippen molar-refractivity contribution < 1.29 is 18.7 Å². The Bertz CT molecular complexity index is 987. The van der Waals surface area contributed by atoms with E-state index in [0.717, 1.165) is 18.5 Å².